The molecule has 0 atom stereocenters. The standard InChI is InChI=1S/C15H14N2O3S/c1-9-12(7-18)17-13(8-21-15(17)16-9)11-6-10(19-2)4-5-14(11)20-3/h4-8H,1-3H3. The van der Waals surface area contributed by atoms with Crippen molar-refractivity contribution in [2.24, 2.45) is 0 Å². The number of hydrogen-bond donors (Lipinski definition) is 0. The largest absolute Gasteiger partial charge is 0.497 e. The van der Waals surface area contributed by atoms with E-state index in [0.29, 0.717) is 5.69 Å². The molecular weight excluding hydrogens is 288 g/mol. The first-order valence-corrected chi connectivity index (χ1v) is 7.21. The Morgan fingerprint density at radius 1 is 1.29 bits per heavy atom. The van der Waals surface area contributed by atoms with Crippen molar-refractivity contribution in [1.82, 2.24) is 9.38 Å². The number of imidazole rings is 1. The highest BCUT2D eigenvalue weighted by Gasteiger charge is 2.17. The second kappa shape index (κ2) is 5.21. The second-order valence-corrected chi connectivity index (χ2v) is 5.34. The van der Waals surface area contributed by atoms with Crippen LogP contribution in [-0.4, -0.2) is 29.9 Å². The lowest BCUT2D eigenvalue weighted by molar-refractivity contribution is 0.111. The zero-order valence-corrected chi connectivity index (χ0v) is 12.7. The summed E-state index contributed by atoms with van der Waals surface area (Å²) in [6, 6.07) is 5.58. The van der Waals surface area contributed by atoms with Crippen LogP contribution < -0.4 is 9.47 Å². The minimum atomic E-state index is 0.561. The van der Waals surface area contributed by atoms with Crippen LogP contribution in [0.1, 0.15) is 16.2 Å². The van der Waals surface area contributed by atoms with Crippen LogP contribution in [0.25, 0.3) is 16.2 Å². The first-order valence-electron chi connectivity index (χ1n) is 6.33. The predicted octanol–water partition coefficient (Wildman–Crippen LogP) is 3.20. The van der Waals surface area contributed by atoms with Crippen LogP contribution in [0.5, 0.6) is 11.5 Å². The quantitative estimate of drug-likeness (QED) is 0.694. The molecule has 0 bridgehead atoms. The van der Waals surface area contributed by atoms with Crippen molar-refractivity contribution in [1.29, 1.82) is 0 Å². The Bertz CT molecular complexity index is 820. The highest BCUT2D eigenvalue weighted by molar-refractivity contribution is 7.15. The van der Waals surface area contributed by atoms with Crippen molar-refractivity contribution in [3.8, 4) is 22.8 Å². The number of thiazole rings is 1. The van der Waals surface area contributed by atoms with Gasteiger partial charge >= 0.3 is 0 Å². The lowest BCUT2D eigenvalue weighted by Gasteiger charge is -2.10. The second-order valence-electron chi connectivity index (χ2n) is 4.51. The minimum absolute atomic E-state index is 0.561. The number of nitrogens with zero attached hydrogens (tertiary/aromatic N) is 2. The fourth-order valence-corrected chi connectivity index (χ4v) is 3.27. The van der Waals surface area contributed by atoms with Crippen LogP contribution in [0.15, 0.2) is 23.6 Å². The first-order chi connectivity index (χ1) is 10.2. The fourth-order valence-electron chi connectivity index (χ4n) is 2.32. The van der Waals surface area contributed by atoms with E-state index in [4.69, 9.17) is 9.47 Å². The number of carbonyl (C=O) groups is 1. The molecule has 0 unspecified atom stereocenters. The first kappa shape index (κ1) is 13.6. The molecule has 3 aromatic rings. The van der Waals surface area contributed by atoms with E-state index in [1.54, 1.807) is 14.2 Å². The Kier molecular flexibility index (Phi) is 3.39. The molecule has 108 valence electrons. The molecule has 0 fully saturated rings. The molecule has 21 heavy (non-hydrogen) atoms. The Balaban J connectivity index is 2.32. The number of ether oxygens (including phenoxy) is 2. The van der Waals surface area contributed by atoms with Gasteiger partial charge in [-0.2, -0.15) is 0 Å². The number of aldehydes is 1. The van der Waals surface area contributed by atoms with Crippen molar-refractivity contribution in [2.45, 2.75) is 6.92 Å². The number of hydrogen-bond acceptors (Lipinski definition) is 5. The van der Waals surface area contributed by atoms with Crippen LogP contribution in [-0.2, 0) is 0 Å². The highest BCUT2D eigenvalue weighted by atomic mass is 32.1. The van der Waals surface area contributed by atoms with Crippen molar-refractivity contribution >= 4 is 22.6 Å². The molecule has 0 radical (unpaired) electrons. The number of fused-ring (bicyclic) bond motifs is 1. The summed E-state index contributed by atoms with van der Waals surface area (Å²) in [5, 5.41) is 1.96. The summed E-state index contributed by atoms with van der Waals surface area (Å²) >= 11 is 1.49. The molecule has 0 saturated heterocycles. The van der Waals surface area contributed by atoms with E-state index in [1.807, 2.05) is 34.9 Å². The molecule has 2 heterocycles. The normalized spacial score (nSPS) is 10.8. The van der Waals surface area contributed by atoms with Crippen molar-refractivity contribution in [3.05, 3.63) is 35.0 Å². The van der Waals surface area contributed by atoms with Crippen LogP contribution in [0.2, 0.25) is 0 Å². The third-order valence-electron chi connectivity index (χ3n) is 3.38. The van der Waals surface area contributed by atoms with E-state index in [2.05, 4.69) is 4.98 Å². The third kappa shape index (κ3) is 2.08. The molecule has 0 aliphatic carbocycles. The molecule has 1 aromatic carbocycles. The van der Waals surface area contributed by atoms with Gasteiger partial charge in [0, 0.05) is 10.9 Å². The van der Waals surface area contributed by atoms with Gasteiger partial charge in [-0.1, -0.05) is 0 Å². The molecule has 0 saturated carbocycles. The van der Waals surface area contributed by atoms with Gasteiger partial charge in [0.2, 0.25) is 0 Å². The number of aryl methyl sites for hydroxylation is 1. The molecule has 6 heteroatoms. The summed E-state index contributed by atoms with van der Waals surface area (Å²) in [5.41, 5.74) is 3.02. The molecule has 2 aromatic heterocycles. The Labute approximate surface area is 125 Å². The van der Waals surface area contributed by atoms with Gasteiger partial charge in [-0.25, -0.2) is 4.98 Å². The number of rotatable bonds is 4. The molecule has 0 aliphatic heterocycles. The Morgan fingerprint density at radius 3 is 2.76 bits per heavy atom. The van der Waals surface area contributed by atoms with Gasteiger partial charge in [-0.05, 0) is 25.1 Å². The van der Waals surface area contributed by atoms with E-state index in [1.165, 1.54) is 11.3 Å². The molecule has 5 nitrogen and oxygen atoms in total. The summed E-state index contributed by atoms with van der Waals surface area (Å²) < 4.78 is 12.6. The van der Waals surface area contributed by atoms with E-state index in [9.17, 15) is 4.79 Å². The van der Waals surface area contributed by atoms with E-state index >= 15 is 0 Å². The topological polar surface area (TPSA) is 52.8 Å². The van der Waals surface area contributed by atoms with Gasteiger partial charge in [0.25, 0.3) is 0 Å². The van der Waals surface area contributed by atoms with Gasteiger partial charge in [0.1, 0.15) is 17.2 Å². The zero-order valence-electron chi connectivity index (χ0n) is 11.9. The van der Waals surface area contributed by atoms with Gasteiger partial charge in [-0.3, -0.25) is 9.20 Å². The number of aromatic nitrogens is 2. The summed E-state index contributed by atoms with van der Waals surface area (Å²) in [5.74, 6) is 1.45. The van der Waals surface area contributed by atoms with Gasteiger partial charge in [-0.15, -0.1) is 11.3 Å². The maximum absolute atomic E-state index is 11.3. The average Bonchev–Trinajstić information content (AvgIpc) is 3.04. The SMILES string of the molecule is COc1ccc(OC)c(-c2csc3nc(C)c(C=O)n23)c1. The van der Waals surface area contributed by atoms with Crippen LogP contribution in [0, 0.1) is 6.92 Å². The molecule has 3 rings (SSSR count). The number of carbonyl (C=O) groups excluding carboxylic acids is 1. The van der Waals surface area contributed by atoms with Gasteiger partial charge < -0.3 is 9.47 Å². The Morgan fingerprint density at radius 2 is 2.10 bits per heavy atom. The molecule has 0 aliphatic rings. The number of benzene rings is 1. The molecule has 0 spiro atoms. The van der Waals surface area contributed by atoms with Gasteiger partial charge in [0.05, 0.1) is 25.6 Å². The number of methoxy groups -OCH3 is 2. The fraction of sp³-hybridized carbons (Fsp3) is 0.200. The molecule has 0 amide bonds. The van der Waals surface area contributed by atoms with E-state index in [0.717, 1.165) is 39.7 Å². The monoisotopic (exact) mass is 302 g/mol. The van der Waals surface area contributed by atoms with Gasteiger partial charge in [0.15, 0.2) is 11.2 Å². The predicted molar refractivity (Wildman–Crippen MR) is 81.7 cm³/mol. The maximum atomic E-state index is 11.3. The van der Waals surface area contributed by atoms with Crippen LogP contribution in [0.3, 0.4) is 0 Å². The Hall–Kier alpha value is -2.34. The smallest absolute Gasteiger partial charge is 0.194 e. The third-order valence-corrected chi connectivity index (χ3v) is 4.20. The average molecular weight is 302 g/mol. The zero-order chi connectivity index (χ0) is 15.0. The summed E-state index contributed by atoms with van der Waals surface area (Å²) in [6.45, 7) is 1.83. The van der Waals surface area contributed by atoms with Crippen molar-refractivity contribution in [3.63, 3.8) is 0 Å². The lowest BCUT2D eigenvalue weighted by Crippen LogP contribution is -1.96. The lowest BCUT2D eigenvalue weighted by atomic mass is 10.1. The molecule has 0 N–H and O–H groups in total. The minimum Gasteiger partial charge on any atom is -0.497 e. The molecular formula is C15H14N2O3S. The van der Waals surface area contributed by atoms with Crippen LogP contribution >= 0.6 is 11.3 Å². The summed E-state index contributed by atoms with van der Waals surface area (Å²) in [7, 11) is 3.24. The van der Waals surface area contributed by atoms with Crippen LogP contribution in [0.4, 0.5) is 0 Å². The summed E-state index contributed by atoms with van der Waals surface area (Å²) in [6.07, 6.45) is 0.832. The van der Waals surface area contributed by atoms with E-state index in [-0.39, 0.29) is 0 Å². The summed E-state index contributed by atoms with van der Waals surface area (Å²) in [4.78, 5) is 16.5. The van der Waals surface area contributed by atoms with Crippen molar-refractivity contribution in [2.75, 3.05) is 14.2 Å². The maximum Gasteiger partial charge on any atom is 0.194 e. The van der Waals surface area contributed by atoms with Crippen molar-refractivity contribution < 1.29 is 14.3 Å². The van der Waals surface area contributed by atoms with E-state index < -0.39 is 0 Å². The highest BCUT2D eigenvalue weighted by Crippen LogP contribution is 2.36.